The highest BCUT2D eigenvalue weighted by Gasteiger charge is 2.31. The maximum atomic E-state index is 11.9. The number of hydrogen-bond acceptors (Lipinski definition) is 2. The van der Waals surface area contributed by atoms with Gasteiger partial charge in [-0.2, -0.15) is 0 Å². The van der Waals surface area contributed by atoms with Crippen molar-refractivity contribution in [3.8, 4) is 5.75 Å². The monoisotopic (exact) mass is 433 g/mol. The van der Waals surface area contributed by atoms with Gasteiger partial charge in [-0.15, -0.1) is 0 Å². The molecule has 1 atom stereocenters. The largest absolute Gasteiger partial charge is 0.508 e. The topological polar surface area (TPSA) is 49.3 Å². The van der Waals surface area contributed by atoms with E-state index in [0.717, 1.165) is 43.7 Å². The van der Waals surface area contributed by atoms with Crippen LogP contribution in [0.2, 0.25) is 0 Å². The average Bonchev–Trinajstić information content (AvgIpc) is 3.35. The van der Waals surface area contributed by atoms with Gasteiger partial charge in [0.25, 0.3) is 0 Å². The molecule has 1 aliphatic heterocycles. The van der Waals surface area contributed by atoms with Gasteiger partial charge in [-0.1, -0.05) is 83.7 Å². The van der Waals surface area contributed by atoms with Crippen molar-refractivity contribution in [3.63, 3.8) is 0 Å². The highest BCUT2D eigenvalue weighted by molar-refractivity contribution is 6.02. The third-order valence-electron chi connectivity index (χ3n) is 7.31. The molecule has 2 aromatic rings. The lowest BCUT2D eigenvalue weighted by Crippen LogP contribution is -2.15. The minimum atomic E-state index is 0.0705. The molecule has 32 heavy (non-hydrogen) atoms. The maximum Gasteiger partial charge on any atom is 0.232 e. The number of amides is 1. The molecule has 0 saturated heterocycles. The Morgan fingerprint density at radius 3 is 2.34 bits per heavy atom. The summed E-state index contributed by atoms with van der Waals surface area (Å²) in [7, 11) is 0. The van der Waals surface area contributed by atoms with Crippen molar-refractivity contribution < 1.29 is 9.90 Å². The minimum absolute atomic E-state index is 0.0705. The van der Waals surface area contributed by atoms with Crippen molar-refractivity contribution in [1.29, 1.82) is 0 Å². The second-order valence-electron chi connectivity index (χ2n) is 9.21. The van der Waals surface area contributed by atoms with Crippen LogP contribution >= 0.6 is 0 Å². The van der Waals surface area contributed by atoms with Crippen LogP contribution in [0, 0.1) is 11.8 Å². The van der Waals surface area contributed by atoms with Crippen molar-refractivity contribution in [2.45, 2.75) is 78.6 Å². The van der Waals surface area contributed by atoms with Crippen LogP contribution in [0.4, 0.5) is 5.69 Å². The summed E-state index contributed by atoms with van der Waals surface area (Å²) in [6.45, 7) is 8.92. The average molecular weight is 434 g/mol. The summed E-state index contributed by atoms with van der Waals surface area (Å²) in [4.78, 5) is 11.9. The predicted molar refractivity (Wildman–Crippen MR) is 135 cm³/mol. The van der Waals surface area contributed by atoms with E-state index >= 15 is 0 Å². The zero-order valence-corrected chi connectivity index (χ0v) is 20.2. The molecule has 172 valence electrons. The number of rotatable bonds is 8. The third kappa shape index (κ3) is 5.62. The first-order chi connectivity index (χ1) is 15.5. The van der Waals surface area contributed by atoms with Gasteiger partial charge in [0, 0.05) is 5.69 Å². The number of fused-ring (bicyclic) bond motifs is 2. The van der Waals surface area contributed by atoms with E-state index in [1.165, 1.54) is 35.1 Å². The van der Waals surface area contributed by atoms with Crippen molar-refractivity contribution >= 4 is 17.2 Å². The van der Waals surface area contributed by atoms with Crippen LogP contribution in [0.15, 0.2) is 48.5 Å². The van der Waals surface area contributed by atoms with Crippen LogP contribution in [0.25, 0.3) is 5.57 Å². The molecule has 4 rings (SSSR count). The lowest BCUT2D eigenvalue weighted by atomic mass is 9.87. The third-order valence-corrected chi connectivity index (χ3v) is 7.31. The van der Waals surface area contributed by atoms with Crippen LogP contribution in [-0.4, -0.2) is 11.0 Å². The van der Waals surface area contributed by atoms with Gasteiger partial charge in [-0.05, 0) is 71.6 Å². The van der Waals surface area contributed by atoms with Gasteiger partial charge in [0.1, 0.15) is 5.75 Å². The van der Waals surface area contributed by atoms with Gasteiger partial charge in [0.2, 0.25) is 5.91 Å². The number of nitrogens with one attached hydrogen (secondary N) is 1. The maximum absolute atomic E-state index is 11.9. The molecule has 1 amide bonds. The van der Waals surface area contributed by atoms with E-state index in [1.54, 1.807) is 6.07 Å². The SMILES string of the molecule is CCC(CC)CC1=CCc2ccc(O)cc21.CCC(CC)CC1C(=O)Nc2ccccc21. The van der Waals surface area contributed by atoms with Crippen molar-refractivity contribution in [1.82, 2.24) is 0 Å². The van der Waals surface area contributed by atoms with E-state index in [9.17, 15) is 9.90 Å². The molecule has 0 fully saturated rings. The van der Waals surface area contributed by atoms with Crippen LogP contribution < -0.4 is 5.32 Å². The van der Waals surface area contributed by atoms with Gasteiger partial charge in [-0.25, -0.2) is 0 Å². The Hall–Kier alpha value is -2.55. The van der Waals surface area contributed by atoms with E-state index in [4.69, 9.17) is 0 Å². The van der Waals surface area contributed by atoms with Crippen molar-refractivity contribution in [3.05, 3.63) is 65.2 Å². The number of carbonyl (C=O) groups is 1. The Kier molecular flexibility index (Phi) is 8.55. The molecular weight excluding hydrogens is 394 g/mol. The molecule has 3 heteroatoms. The molecule has 3 nitrogen and oxygen atoms in total. The number of phenolic OH excluding ortho intramolecular Hbond substituents is 1. The number of aromatic hydroxyl groups is 1. The fourth-order valence-electron chi connectivity index (χ4n) is 4.93. The smallest absolute Gasteiger partial charge is 0.232 e. The number of allylic oxidation sites excluding steroid dienone is 2. The van der Waals surface area contributed by atoms with Gasteiger partial charge < -0.3 is 10.4 Å². The molecule has 1 heterocycles. The van der Waals surface area contributed by atoms with Crippen LogP contribution in [-0.2, 0) is 11.2 Å². The molecule has 2 aromatic carbocycles. The van der Waals surface area contributed by atoms with Crippen LogP contribution in [0.3, 0.4) is 0 Å². The number of phenols is 1. The van der Waals surface area contributed by atoms with Gasteiger partial charge in [0.05, 0.1) is 5.92 Å². The highest BCUT2D eigenvalue weighted by Crippen LogP contribution is 2.37. The Bertz CT molecular complexity index is 938. The first-order valence-corrected chi connectivity index (χ1v) is 12.4. The number of anilines is 1. The second kappa shape index (κ2) is 11.4. The first-order valence-electron chi connectivity index (χ1n) is 12.4. The summed E-state index contributed by atoms with van der Waals surface area (Å²) in [5, 5.41) is 12.5. The summed E-state index contributed by atoms with van der Waals surface area (Å²) in [5.41, 5.74) is 6.24. The van der Waals surface area contributed by atoms with E-state index < -0.39 is 0 Å². The zero-order chi connectivity index (χ0) is 23.1. The Labute approximate surface area is 194 Å². The molecule has 2 aliphatic rings. The lowest BCUT2D eigenvalue weighted by molar-refractivity contribution is -0.117. The molecule has 0 aromatic heterocycles. The summed E-state index contributed by atoms with van der Waals surface area (Å²) >= 11 is 0. The van der Waals surface area contributed by atoms with E-state index in [1.807, 2.05) is 30.3 Å². The molecule has 0 bridgehead atoms. The summed E-state index contributed by atoms with van der Waals surface area (Å²) in [6.07, 6.45) is 10.3. The number of benzene rings is 2. The lowest BCUT2D eigenvalue weighted by Gasteiger charge is -2.16. The molecule has 0 radical (unpaired) electrons. The van der Waals surface area contributed by atoms with Gasteiger partial charge in [-0.3, -0.25) is 4.79 Å². The Balaban J connectivity index is 0.000000181. The Morgan fingerprint density at radius 2 is 1.66 bits per heavy atom. The first kappa shape index (κ1) is 24.1. The summed E-state index contributed by atoms with van der Waals surface area (Å²) in [6, 6.07) is 13.8. The second-order valence-corrected chi connectivity index (χ2v) is 9.21. The summed E-state index contributed by atoms with van der Waals surface area (Å²) < 4.78 is 0. The van der Waals surface area contributed by atoms with E-state index in [2.05, 4.69) is 45.2 Å². The minimum Gasteiger partial charge on any atom is -0.508 e. The summed E-state index contributed by atoms with van der Waals surface area (Å²) in [5.74, 6) is 2.06. The van der Waals surface area contributed by atoms with Crippen LogP contribution in [0.5, 0.6) is 5.75 Å². The van der Waals surface area contributed by atoms with Crippen molar-refractivity contribution in [2.75, 3.05) is 5.32 Å². The standard InChI is InChI=1S/C15H20O.C14H19NO/c1-3-11(4-2)9-13-6-5-12-7-8-14(16)10-15(12)13;1-3-10(4-2)9-12-11-7-5-6-8-13(11)15-14(12)16/h6-8,10-11,16H,3-5,9H2,1-2H3;5-8,10,12H,3-4,9H2,1-2H3,(H,15,16). The van der Waals surface area contributed by atoms with Gasteiger partial charge >= 0.3 is 0 Å². The fraction of sp³-hybridized carbons (Fsp3) is 0.483. The van der Waals surface area contributed by atoms with Crippen molar-refractivity contribution in [2.24, 2.45) is 11.8 Å². The normalized spacial score (nSPS) is 16.4. The van der Waals surface area contributed by atoms with E-state index in [0.29, 0.717) is 11.7 Å². The fourth-order valence-corrected chi connectivity index (χ4v) is 4.93. The molecular formula is C29H39NO2. The predicted octanol–water partition coefficient (Wildman–Crippen LogP) is 7.71. The van der Waals surface area contributed by atoms with Gasteiger partial charge in [0.15, 0.2) is 0 Å². The molecule has 0 spiro atoms. The van der Waals surface area contributed by atoms with E-state index in [-0.39, 0.29) is 11.8 Å². The Morgan fingerprint density at radius 1 is 0.969 bits per heavy atom. The molecule has 1 aliphatic carbocycles. The molecule has 2 N–H and O–H groups in total. The quantitative estimate of drug-likeness (QED) is 0.448. The van der Waals surface area contributed by atoms with Crippen LogP contribution in [0.1, 0.15) is 88.8 Å². The number of para-hydroxylation sites is 1. The highest BCUT2D eigenvalue weighted by atomic mass is 16.3. The molecule has 0 saturated carbocycles. The molecule has 1 unspecified atom stereocenters. The number of hydrogen-bond donors (Lipinski definition) is 2. The zero-order valence-electron chi connectivity index (χ0n) is 20.2. The number of carbonyl (C=O) groups excluding carboxylic acids is 1.